The molecule has 41 heavy (non-hydrogen) atoms. The fourth-order valence-electron chi connectivity index (χ4n) is 3.66. The second-order valence-corrected chi connectivity index (χ2v) is 8.44. The van der Waals surface area contributed by atoms with E-state index >= 15 is 0 Å². The van der Waals surface area contributed by atoms with Gasteiger partial charge >= 0.3 is 11.7 Å². The molecule has 0 saturated carbocycles. The Morgan fingerprint density at radius 3 is 2.07 bits per heavy atom. The van der Waals surface area contributed by atoms with Gasteiger partial charge in [-0.2, -0.15) is 0 Å². The standard InChI is InChI=1S/C24H14ClN5O11/c1-40-20-10-12(9-17(25)21(20)41-19-7-6-15(29(36)37)11-18(19)30(38)39)8-16-22(31)26-24(33)27(23(16)32)13-2-4-14(5-3-13)28(34)35/h2-11H,1H3,(H,26,31,33)/b16-8+. The lowest BCUT2D eigenvalue weighted by Gasteiger charge is -2.26. The lowest BCUT2D eigenvalue weighted by atomic mass is 10.1. The first-order valence-corrected chi connectivity index (χ1v) is 11.4. The topological polar surface area (TPSA) is 214 Å². The lowest BCUT2D eigenvalue weighted by molar-refractivity contribution is -0.394. The van der Waals surface area contributed by atoms with E-state index in [2.05, 4.69) is 0 Å². The summed E-state index contributed by atoms with van der Waals surface area (Å²) in [5.74, 6) is -2.76. The number of nitrogens with zero attached hydrogens (tertiary/aromatic N) is 4. The number of rotatable bonds is 8. The molecule has 0 atom stereocenters. The van der Waals surface area contributed by atoms with Crippen LogP contribution in [0.4, 0.5) is 27.5 Å². The van der Waals surface area contributed by atoms with Crippen molar-refractivity contribution in [1.82, 2.24) is 5.32 Å². The fraction of sp³-hybridized carbons (Fsp3) is 0.0417. The number of carbonyl (C=O) groups is 3. The van der Waals surface area contributed by atoms with E-state index in [1.807, 2.05) is 5.32 Å². The number of nitrogens with one attached hydrogen (secondary N) is 1. The van der Waals surface area contributed by atoms with Gasteiger partial charge < -0.3 is 9.47 Å². The molecule has 1 aliphatic heterocycles. The average Bonchev–Trinajstić information content (AvgIpc) is 2.92. The van der Waals surface area contributed by atoms with Gasteiger partial charge in [-0.25, -0.2) is 9.69 Å². The van der Waals surface area contributed by atoms with Crippen molar-refractivity contribution in [3.63, 3.8) is 0 Å². The Kier molecular flexibility index (Phi) is 7.59. The first-order chi connectivity index (χ1) is 19.4. The largest absolute Gasteiger partial charge is 0.493 e. The van der Waals surface area contributed by atoms with Crippen molar-refractivity contribution in [3.05, 3.63) is 101 Å². The highest BCUT2D eigenvalue weighted by atomic mass is 35.5. The van der Waals surface area contributed by atoms with Crippen molar-refractivity contribution < 1.29 is 38.6 Å². The van der Waals surface area contributed by atoms with Gasteiger partial charge in [0.2, 0.25) is 5.75 Å². The molecule has 0 radical (unpaired) electrons. The average molecular weight is 584 g/mol. The van der Waals surface area contributed by atoms with Crippen LogP contribution >= 0.6 is 11.6 Å². The normalized spacial score (nSPS) is 14.0. The van der Waals surface area contributed by atoms with E-state index in [9.17, 15) is 44.7 Å². The van der Waals surface area contributed by atoms with Crippen LogP contribution in [0.2, 0.25) is 5.02 Å². The molecule has 0 unspecified atom stereocenters. The minimum absolute atomic E-state index is 0.0412. The second kappa shape index (κ2) is 11.1. The van der Waals surface area contributed by atoms with Crippen LogP contribution in [0.1, 0.15) is 5.56 Å². The van der Waals surface area contributed by atoms with Crippen LogP contribution in [0.5, 0.6) is 17.2 Å². The quantitative estimate of drug-likeness (QED) is 0.168. The van der Waals surface area contributed by atoms with Crippen molar-refractivity contribution in [2.45, 2.75) is 0 Å². The highest BCUT2D eigenvalue weighted by Gasteiger charge is 2.37. The molecule has 0 aliphatic carbocycles. The Labute approximate surface area is 232 Å². The van der Waals surface area contributed by atoms with Crippen molar-refractivity contribution in [2.24, 2.45) is 0 Å². The highest BCUT2D eigenvalue weighted by Crippen LogP contribution is 2.43. The number of hydrogen-bond acceptors (Lipinski definition) is 11. The third-order valence-electron chi connectivity index (χ3n) is 5.55. The molecule has 3 aromatic rings. The number of barbiturate groups is 1. The zero-order valence-electron chi connectivity index (χ0n) is 20.4. The van der Waals surface area contributed by atoms with Crippen LogP contribution in [0.3, 0.4) is 0 Å². The second-order valence-electron chi connectivity index (χ2n) is 8.03. The van der Waals surface area contributed by atoms with E-state index in [-0.39, 0.29) is 39.2 Å². The first-order valence-electron chi connectivity index (χ1n) is 11.1. The van der Waals surface area contributed by atoms with Crippen LogP contribution in [-0.2, 0) is 9.59 Å². The van der Waals surface area contributed by atoms with Crippen molar-refractivity contribution in [3.8, 4) is 17.2 Å². The van der Waals surface area contributed by atoms with Gasteiger partial charge in [-0.15, -0.1) is 0 Å². The van der Waals surface area contributed by atoms with E-state index in [1.165, 1.54) is 19.2 Å². The molecule has 17 heteroatoms. The van der Waals surface area contributed by atoms with E-state index in [0.717, 1.165) is 42.5 Å². The number of anilines is 1. The number of benzene rings is 3. The van der Waals surface area contributed by atoms with Gasteiger partial charge in [0.05, 0.1) is 38.7 Å². The summed E-state index contributed by atoms with van der Waals surface area (Å²) in [6, 6.07) is 8.62. The number of amides is 4. The summed E-state index contributed by atoms with van der Waals surface area (Å²) in [6.07, 6.45) is 1.09. The third-order valence-corrected chi connectivity index (χ3v) is 5.83. The Balaban J connectivity index is 1.70. The van der Waals surface area contributed by atoms with E-state index in [0.29, 0.717) is 11.0 Å². The molecule has 0 aromatic heterocycles. The summed E-state index contributed by atoms with van der Waals surface area (Å²) in [7, 11) is 1.22. The number of nitro benzene ring substituents is 3. The van der Waals surface area contributed by atoms with Gasteiger partial charge in [0.15, 0.2) is 11.5 Å². The SMILES string of the molecule is COc1cc(/C=C2\C(=O)NC(=O)N(c3ccc([N+](=O)[O-])cc3)C2=O)cc(Cl)c1Oc1ccc([N+](=O)[O-])cc1[N+](=O)[O-]. The van der Waals surface area contributed by atoms with E-state index in [4.69, 9.17) is 21.1 Å². The molecule has 1 saturated heterocycles. The zero-order valence-corrected chi connectivity index (χ0v) is 21.2. The van der Waals surface area contributed by atoms with Gasteiger partial charge in [-0.3, -0.25) is 45.2 Å². The first kappa shape index (κ1) is 28.1. The van der Waals surface area contributed by atoms with Crippen LogP contribution < -0.4 is 19.7 Å². The number of ether oxygens (including phenoxy) is 2. The van der Waals surface area contributed by atoms with Crippen LogP contribution in [0, 0.1) is 30.3 Å². The maximum absolute atomic E-state index is 13.1. The number of methoxy groups -OCH3 is 1. The van der Waals surface area contributed by atoms with Crippen LogP contribution in [-0.4, -0.2) is 39.7 Å². The summed E-state index contributed by atoms with van der Waals surface area (Å²) in [5, 5.41) is 35.2. The molecule has 16 nitrogen and oxygen atoms in total. The molecule has 4 rings (SSSR count). The van der Waals surface area contributed by atoms with Gasteiger partial charge in [-0.1, -0.05) is 11.6 Å². The van der Waals surface area contributed by atoms with Crippen LogP contribution in [0.25, 0.3) is 6.08 Å². The molecule has 4 amide bonds. The third kappa shape index (κ3) is 5.62. The number of non-ortho nitro benzene ring substituents is 2. The van der Waals surface area contributed by atoms with Gasteiger partial charge in [0.25, 0.3) is 23.2 Å². The molecule has 0 spiro atoms. The zero-order chi connectivity index (χ0) is 30.0. The Bertz CT molecular complexity index is 1690. The number of hydrogen-bond donors (Lipinski definition) is 1. The van der Waals surface area contributed by atoms with Crippen molar-refractivity contribution >= 4 is 58.3 Å². The monoisotopic (exact) mass is 583 g/mol. The van der Waals surface area contributed by atoms with Gasteiger partial charge in [-0.05, 0) is 42.0 Å². The van der Waals surface area contributed by atoms with Crippen LogP contribution in [0.15, 0.2) is 60.2 Å². The lowest BCUT2D eigenvalue weighted by Crippen LogP contribution is -2.54. The summed E-state index contributed by atoms with van der Waals surface area (Å²) < 4.78 is 10.8. The molecular formula is C24H14ClN5O11. The maximum atomic E-state index is 13.1. The molecule has 0 bridgehead atoms. The van der Waals surface area contributed by atoms with E-state index in [1.54, 1.807) is 0 Å². The predicted octanol–water partition coefficient (Wildman–Crippen LogP) is 4.53. The molecule has 1 fully saturated rings. The fourth-order valence-corrected chi connectivity index (χ4v) is 3.92. The minimum atomic E-state index is -1.07. The number of nitro groups is 3. The maximum Gasteiger partial charge on any atom is 0.335 e. The Morgan fingerprint density at radius 2 is 1.49 bits per heavy atom. The molecule has 208 valence electrons. The number of urea groups is 1. The molecule has 1 aliphatic rings. The summed E-state index contributed by atoms with van der Waals surface area (Å²) in [5.41, 5.74) is -1.96. The van der Waals surface area contributed by atoms with Crippen molar-refractivity contribution in [1.29, 1.82) is 0 Å². The molecular weight excluding hydrogens is 570 g/mol. The highest BCUT2D eigenvalue weighted by molar-refractivity contribution is 6.39. The smallest absolute Gasteiger partial charge is 0.335 e. The summed E-state index contributed by atoms with van der Waals surface area (Å²) >= 11 is 6.34. The number of carbonyl (C=O) groups excluding carboxylic acids is 3. The molecule has 3 aromatic carbocycles. The summed E-state index contributed by atoms with van der Waals surface area (Å²) in [6.45, 7) is 0. The minimum Gasteiger partial charge on any atom is -0.493 e. The van der Waals surface area contributed by atoms with Gasteiger partial charge in [0.1, 0.15) is 5.57 Å². The number of imide groups is 2. The van der Waals surface area contributed by atoms with Crippen molar-refractivity contribution in [2.75, 3.05) is 12.0 Å². The van der Waals surface area contributed by atoms with Gasteiger partial charge in [0, 0.05) is 18.2 Å². The Hall–Kier alpha value is -5.90. The molecule has 1 N–H and O–H groups in total. The Morgan fingerprint density at radius 1 is 0.854 bits per heavy atom. The number of halogens is 1. The summed E-state index contributed by atoms with van der Waals surface area (Å²) in [4.78, 5) is 69.7. The molecule has 1 heterocycles. The van der Waals surface area contributed by atoms with E-state index < -0.39 is 49.6 Å². The predicted molar refractivity (Wildman–Crippen MR) is 140 cm³/mol.